The van der Waals surface area contributed by atoms with Gasteiger partial charge in [0, 0.05) is 49.0 Å². The number of morpholine rings is 1. The van der Waals surface area contributed by atoms with Gasteiger partial charge < -0.3 is 9.47 Å². The Hall–Kier alpha value is -2.30. The van der Waals surface area contributed by atoms with E-state index in [1.165, 1.54) is 16.7 Å². The van der Waals surface area contributed by atoms with Gasteiger partial charge in [0.25, 0.3) is 0 Å². The minimum Gasteiger partial charge on any atom is -0.496 e. The number of nitrogens with one attached hydrogen (secondary N) is 1. The van der Waals surface area contributed by atoms with Gasteiger partial charge in [-0.2, -0.15) is 0 Å². The molecule has 0 amide bonds. The molecule has 190 valence electrons. The van der Waals surface area contributed by atoms with E-state index in [-0.39, 0.29) is 10.8 Å². The number of aromatic nitrogens is 1. The van der Waals surface area contributed by atoms with Gasteiger partial charge in [0.2, 0.25) is 0 Å². The van der Waals surface area contributed by atoms with Gasteiger partial charge >= 0.3 is 0 Å². The van der Waals surface area contributed by atoms with Crippen LogP contribution in [-0.2, 0) is 24.2 Å². The number of likely N-dealkylation sites (N-methyl/N-ethyl adjacent to an activating group) is 1. The fourth-order valence-electron chi connectivity index (χ4n) is 5.72. The Morgan fingerprint density at radius 1 is 1.22 bits per heavy atom. The first-order valence-electron chi connectivity index (χ1n) is 12.6. The summed E-state index contributed by atoms with van der Waals surface area (Å²) in [5.74, 6) is 0.223. The molecule has 1 saturated heterocycles. The third-order valence-electron chi connectivity index (χ3n) is 8.07. The van der Waals surface area contributed by atoms with Crippen LogP contribution in [0.5, 0.6) is 5.75 Å². The second-order valence-corrected chi connectivity index (χ2v) is 11.6. The first kappa shape index (κ1) is 24.1. The summed E-state index contributed by atoms with van der Waals surface area (Å²) in [6.07, 6.45) is 4.81. The number of thioether (sulfide) groups is 1. The molecule has 2 aromatic rings. The van der Waals surface area contributed by atoms with Crippen molar-refractivity contribution in [2.24, 2.45) is 9.98 Å². The van der Waals surface area contributed by atoms with Crippen LogP contribution in [-0.4, -0.2) is 83.9 Å². The van der Waals surface area contributed by atoms with Crippen molar-refractivity contribution in [2.75, 3.05) is 40.5 Å². The van der Waals surface area contributed by atoms with E-state index in [0.717, 1.165) is 48.1 Å². The Morgan fingerprint density at radius 3 is 2.83 bits per heavy atom. The van der Waals surface area contributed by atoms with E-state index in [9.17, 15) is 0 Å². The van der Waals surface area contributed by atoms with Crippen molar-refractivity contribution in [3.05, 3.63) is 52.7 Å². The minimum atomic E-state index is -0.652. The lowest BCUT2D eigenvalue weighted by Gasteiger charge is -2.47. The van der Waals surface area contributed by atoms with Gasteiger partial charge in [-0.3, -0.25) is 15.1 Å². The van der Waals surface area contributed by atoms with Gasteiger partial charge in [0.1, 0.15) is 22.4 Å². The SMILES string of the molecule is COc1ccccc1CNC1(N2CCOCC2)N=CN=C2c3c(ncc4c3CC(C)(C)N(C)C4)SC21. The lowest BCUT2D eigenvalue weighted by molar-refractivity contribution is -0.0297. The number of hydrogen-bond donors (Lipinski definition) is 1. The molecule has 9 heteroatoms. The van der Waals surface area contributed by atoms with Gasteiger partial charge in [-0.05, 0) is 44.5 Å². The quantitative estimate of drug-likeness (QED) is 0.668. The Balaban J connectivity index is 1.40. The molecule has 1 fully saturated rings. The average molecular weight is 507 g/mol. The molecule has 0 saturated carbocycles. The third-order valence-corrected chi connectivity index (χ3v) is 9.39. The van der Waals surface area contributed by atoms with Crippen molar-refractivity contribution in [1.29, 1.82) is 0 Å². The van der Waals surface area contributed by atoms with E-state index >= 15 is 0 Å². The van der Waals surface area contributed by atoms with Crippen LogP contribution in [0.1, 0.15) is 36.1 Å². The number of rotatable bonds is 5. The topological polar surface area (TPSA) is 74.6 Å². The maximum atomic E-state index is 5.72. The number of hydrogen-bond acceptors (Lipinski definition) is 9. The summed E-state index contributed by atoms with van der Waals surface area (Å²) in [5, 5.41) is 4.92. The molecule has 8 nitrogen and oxygen atoms in total. The molecule has 36 heavy (non-hydrogen) atoms. The van der Waals surface area contributed by atoms with Gasteiger partial charge in [-0.1, -0.05) is 30.0 Å². The molecule has 4 aliphatic heterocycles. The zero-order valence-corrected chi connectivity index (χ0v) is 22.3. The molecule has 5 heterocycles. The number of ether oxygens (including phenoxy) is 2. The van der Waals surface area contributed by atoms with E-state index < -0.39 is 5.79 Å². The van der Waals surface area contributed by atoms with Crippen molar-refractivity contribution in [2.45, 2.75) is 55.0 Å². The predicted molar refractivity (Wildman–Crippen MR) is 143 cm³/mol. The summed E-state index contributed by atoms with van der Waals surface area (Å²) in [6.45, 7) is 9.17. The largest absolute Gasteiger partial charge is 0.496 e. The number of benzene rings is 1. The van der Waals surface area contributed by atoms with Crippen LogP contribution in [0, 0.1) is 0 Å². The zero-order valence-electron chi connectivity index (χ0n) is 21.5. The van der Waals surface area contributed by atoms with Crippen molar-refractivity contribution >= 4 is 23.8 Å². The summed E-state index contributed by atoms with van der Waals surface area (Å²) in [4.78, 5) is 19.8. The van der Waals surface area contributed by atoms with E-state index in [4.69, 9.17) is 24.4 Å². The molecule has 6 rings (SSSR count). The van der Waals surface area contributed by atoms with Crippen LogP contribution >= 0.6 is 11.8 Å². The summed E-state index contributed by atoms with van der Waals surface area (Å²) in [5.41, 5.74) is 6.21. The summed E-state index contributed by atoms with van der Waals surface area (Å²) in [6, 6.07) is 8.16. The first-order valence-corrected chi connectivity index (χ1v) is 13.5. The number of pyridine rings is 1. The maximum Gasteiger partial charge on any atom is 0.187 e. The van der Waals surface area contributed by atoms with Gasteiger partial charge in [0.05, 0.1) is 26.0 Å². The van der Waals surface area contributed by atoms with Gasteiger partial charge in [0.15, 0.2) is 5.79 Å². The molecular formula is C27H34N6O2S. The van der Waals surface area contributed by atoms with E-state index in [1.807, 2.05) is 18.2 Å². The average Bonchev–Trinajstić information content (AvgIpc) is 3.29. The molecular weight excluding hydrogens is 472 g/mol. The lowest BCUT2D eigenvalue weighted by atomic mass is 9.83. The predicted octanol–water partition coefficient (Wildman–Crippen LogP) is 2.94. The molecule has 0 spiro atoms. The molecule has 0 radical (unpaired) electrons. The fraction of sp³-hybridized carbons (Fsp3) is 0.519. The maximum absolute atomic E-state index is 5.72. The highest BCUT2D eigenvalue weighted by atomic mass is 32.2. The van der Waals surface area contributed by atoms with Crippen molar-refractivity contribution < 1.29 is 9.47 Å². The highest BCUT2D eigenvalue weighted by molar-refractivity contribution is 8.01. The summed E-state index contributed by atoms with van der Waals surface area (Å²) < 4.78 is 11.4. The molecule has 1 aromatic heterocycles. The van der Waals surface area contributed by atoms with Crippen molar-refractivity contribution in [1.82, 2.24) is 20.1 Å². The highest BCUT2D eigenvalue weighted by Crippen LogP contribution is 2.48. The van der Waals surface area contributed by atoms with E-state index in [1.54, 1.807) is 25.2 Å². The molecule has 0 bridgehead atoms. The lowest BCUT2D eigenvalue weighted by Crippen LogP contribution is -2.67. The van der Waals surface area contributed by atoms with Crippen LogP contribution in [0.4, 0.5) is 0 Å². The van der Waals surface area contributed by atoms with Crippen LogP contribution < -0.4 is 10.1 Å². The van der Waals surface area contributed by atoms with Gasteiger partial charge in [-0.15, -0.1) is 0 Å². The Morgan fingerprint density at radius 2 is 2.03 bits per heavy atom. The Bertz CT molecular complexity index is 1220. The molecule has 2 unspecified atom stereocenters. The number of methoxy groups -OCH3 is 1. The van der Waals surface area contributed by atoms with Crippen LogP contribution in [0.3, 0.4) is 0 Å². The van der Waals surface area contributed by atoms with Gasteiger partial charge in [-0.25, -0.2) is 15.0 Å². The minimum absolute atomic E-state index is 0.00734. The van der Waals surface area contributed by atoms with Crippen LogP contribution in [0.25, 0.3) is 0 Å². The summed E-state index contributed by atoms with van der Waals surface area (Å²) >= 11 is 1.79. The zero-order chi connectivity index (χ0) is 24.9. The second-order valence-electron chi connectivity index (χ2n) is 10.5. The Labute approximate surface area is 217 Å². The molecule has 4 aliphatic rings. The van der Waals surface area contributed by atoms with Crippen molar-refractivity contribution in [3.8, 4) is 5.75 Å². The molecule has 2 atom stereocenters. The molecule has 0 aliphatic carbocycles. The van der Waals surface area contributed by atoms with E-state index in [0.29, 0.717) is 19.8 Å². The number of fused-ring (bicyclic) bond motifs is 5. The van der Waals surface area contributed by atoms with Crippen LogP contribution in [0.15, 0.2) is 45.5 Å². The normalized spacial score (nSPS) is 27.2. The van der Waals surface area contributed by atoms with E-state index in [2.05, 4.69) is 48.3 Å². The fourth-order valence-corrected chi connectivity index (χ4v) is 7.15. The van der Waals surface area contributed by atoms with Crippen LogP contribution in [0.2, 0.25) is 0 Å². The smallest absolute Gasteiger partial charge is 0.187 e. The van der Waals surface area contributed by atoms with Crippen molar-refractivity contribution in [3.63, 3.8) is 0 Å². The number of nitrogens with zero attached hydrogens (tertiary/aromatic N) is 5. The molecule has 1 N–H and O–H groups in total. The Kier molecular flexibility index (Phi) is 6.16. The standard InChI is InChI=1S/C27H34N6O2S/c1-26(2)13-20-19(16-32(26)3)14-28-25-22(20)23-24(36-25)27(31-17-29-23,33-9-11-35-12-10-33)30-15-18-7-5-6-8-21(18)34-4/h5-8,14,17,24,30H,9-13,15-16H2,1-4H3. The number of aliphatic imine (C=N–C) groups is 2. The monoisotopic (exact) mass is 506 g/mol. The first-order chi connectivity index (χ1) is 17.4. The second kappa shape index (κ2) is 9.22. The summed E-state index contributed by atoms with van der Waals surface area (Å²) in [7, 11) is 3.92. The third kappa shape index (κ3) is 3.88. The highest BCUT2D eigenvalue weighted by Gasteiger charge is 2.53. The molecule has 1 aromatic carbocycles. The number of para-hydroxylation sites is 1.